The molecule has 4 nitrogen and oxygen atoms in total. The maximum absolute atomic E-state index is 8.16. The molecule has 0 atom stereocenters. The molecule has 0 spiro atoms. The van der Waals surface area contributed by atoms with Crippen molar-refractivity contribution in [3.05, 3.63) is 35.5 Å². The van der Waals surface area contributed by atoms with Crippen LogP contribution in [0.25, 0.3) is 0 Å². The van der Waals surface area contributed by atoms with Gasteiger partial charge in [-0.05, 0) is 60.0 Å². The molecule has 0 aromatic heterocycles. The van der Waals surface area contributed by atoms with Gasteiger partial charge in [0.1, 0.15) is 0 Å². The summed E-state index contributed by atoms with van der Waals surface area (Å²) in [5.41, 5.74) is 0.813. The number of nitrogens with one attached hydrogen (secondary N) is 1. The molecule has 0 bridgehead atoms. The van der Waals surface area contributed by atoms with Crippen LogP contribution in [0.2, 0.25) is 0 Å². The molecular weight excluding hydrogens is 277 g/mol. The Morgan fingerprint density at radius 1 is 1.14 bits per heavy atom. The number of hydrogen-bond donors (Lipinski definition) is 1. The van der Waals surface area contributed by atoms with E-state index in [1.54, 1.807) is 12.3 Å². The van der Waals surface area contributed by atoms with Crippen molar-refractivity contribution in [2.75, 3.05) is 0 Å². The fourth-order valence-corrected chi connectivity index (χ4v) is 2.13. The van der Waals surface area contributed by atoms with E-state index < -0.39 is 18.3 Å². The fraction of sp³-hybridized carbons (Fsp3) is 0.588. The Morgan fingerprint density at radius 2 is 1.68 bits per heavy atom. The Hall–Kier alpha value is -1.33. The number of hydrogen-bond acceptors (Lipinski definition) is 4. The van der Waals surface area contributed by atoms with Crippen LogP contribution in [-0.4, -0.2) is 29.6 Å². The molecule has 0 aromatic carbocycles. The number of allylic oxidation sites excluding steroid dienone is 5. The summed E-state index contributed by atoms with van der Waals surface area (Å²) in [4.78, 5) is 0. The molecule has 120 valence electrons. The van der Waals surface area contributed by atoms with Crippen LogP contribution in [0.15, 0.2) is 35.5 Å². The van der Waals surface area contributed by atoms with E-state index in [1.807, 2.05) is 60.6 Å². The molecule has 2 rings (SSSR count). The van der Waals surface area contributed by atoms with Crippen molar-refractivity contribution in [2.24, 2.45) is 0 Å². The van der Waals surface area contributed by atoms with Crippen molar-refractivity contribution in [3.63, 3.8) is 0 Å². The molecule has 0 aromatic rings. The van der Waals surface area contributed by atoms with Crippen LogP contribution in [0.4, 0.5) is 0 Å². The summed E-state index contributed by atoms with van der Waals surface area (Å²) in [6, 6.07) is 0. The molecule has 0 amide bonds. The van der Waals surface area contributed by atoms with Gasteiger partial charge < -0.3 is 19.5 Å². The first-order valence-electron chi connectivity index (χ1n) is 7.64. The summed E-state index contributed by atoms with van der Waals surface area (Å²) < 4.78 is 17.9. The SMILES string of the molecule is CC(C)(C)O/C=C1\C(=N)C=CC=C1B1OC(C)(C)C(C)(C)O1. The maximum atomic E-state index is 8.16. The molecule has 0 radical (unpaired) electrons. The topological polar surface area (TPSA) is 51.5 Å². The van der Waals surface area contributed by atoms with Crippen molar-refractivity contribution < 1.29 is 14.0 Å². The van der Waals surface area contributed by atoms with Gasteiger partial charge in [-0.2, -0.15) is 0 Å². The lowest BCUT2D eigenvalue weighted by Gasteiger charge is -2.32. The van der Waals surface area contributed by atoms with Gasteiger partial charge in [-0.25, -0.2) is 0 Å². The normalized spacial score (nSPS) is 25.6. The first-order valence-corrected chi connectivity index (χ1v) is 7.64. The highest BCUT2D eigenvalue weighted by Gasteiger charge is 2.53. The van der Waals surface area contributed by atoms with Gasteiger partial charge in [-0.15, -0.1) is 0 Å². The highest BCUT2D eigenvalue weighted by molar-refractivity contribution is 6.58. The van der Waals surface area contributed by atoms with Crippen molar-refractivity contribution in [2.45, 2.75) is 65.3 Å². The van der Waals surface area contributed by atoms with Crippen LogP contribution in [0.5, 0.6) is 0 Å². The standard InChI is InChI=1S/C17H26BNO3/c1-15(2,3)20-11-12-13(9-8-10-14(12)19)18-21-16(4,5)17(6,7)22-18/h8-11,19H,1-7H3/b12-11-,19-14?. The lowest BCUT2D eigenvalue weighted by Crippen LogP contribution is -2.41. The van der Waals surface area contributed by atoms with Crippen LogP contribution in [0, 0.1) is 5.41 Å². The van der Waals surface area contributed by atoms with E-state index in [0.29, 0.717) is 11.3 Å². The van der Waals surface area contributed by atoms with Gasteiger partial charge >= 0.3 is 7.12 Å². The smallest absolute Gasteiger partial charge is 0.495 e. The summed E-state index contributed by atoms with van der Waals surface area (Å²) in [7, 11) is -0.495. The summed E-state index contributed by atoms with van der Waals surface area (Å²) in [5, 5.41) is 8.16. The van der Waals surface area contributed by atoms with E-state index in [1.165, 1.54) is 0 Å². The minimum atomic E-state index is -0.495. The van der Waals surface area contributed by atoms with E-state index in [4.69, 9.17) is 19.5 Å². The molecule has 1 aliphatic heterocycles. The first kappa shape index (κ1) is 17.0. The van der Waals surface area contributed by atoms with Crippen LogP contribution >= 0.6 is 0 Å². The lowest BCUT2D eigenvalue weighted by atomic mass is 9.71. The van der Waals surface area contributed by atoms with Crippen LogP contribution in [0.3, 0.4) is 0 Å². The molecule has 1 saturated heterocycles. The third-order valence-electron chi connectivity index (χ3n) is 4.18. The Kier molecular flexibility index (Phi) is 4.17. The first-order chi connectivity index (χ1) is 9.93. The summed E-state index contributed by atoms with van der Waals surface area (Å²) in [5.74, 6) is 0. The highest BCUT2D eigenvalue weighted by atomic mass is 16.7. The number of rotatable bonds is 2. The van der Waals surface area contributed by atoms with Crippen molar-refractivity contribution >= 4 is 12.8 Å². The Labute approximate surface area is 133 Å². The van der Waals surface area contributed by atoms with Crippen LogP contribution in [0.1, 0.15) is 48.5 Å². The van der Waals surface area contributed by atoms with Crippen molar-refractivity contribution in [1.82, 2.24) is 0 Å². The zero-order chi connectivity index (χ0) is 16.8. The lowest BCUT2D eigenvalue weighted by molar-refractivity contribution is 0.00578. The second kappa shape index (κ2) is 5.39. The molecule has 0 unspecified atom stereocenters. The van der Waals surface area contributed by atoms with Crippen molar-refractivity contribution in [1.29, 1.82) is 5.41 Å². The fourth-order valence-electron chi connectivity index (χ4n) is 2.13. The summed E-state index contributed by atoms with van der Waals surface area (Å²) in [6.07, 6.45) is 7.16. The Bertz CT molecular complexity index is 549. The van der Waals surface area contributed by atoms with Gasteiger partial charge in [0.15, 0.2) is 0 Å². The minimum Gasteiger partial charge on any atom is -0.495 e. The molecule has 1 N–H and O–H groups in total. The monoisotopic (exact) mass is 303 g/mol. The zero-order valence-corrected chi connectivity index (χ0v) is 14.6. The molecule has 0 saturated carbocycles. The van der Waals surface area contributed by atoms with Gasteiger partial charge in [0, 0.05) is 5.57 Å². The Balaban J connectivity index is 2.30. The van der Waals surface area contributed by atoms with E-state index >= 15 is 0 Å². The van der Waals surface area contributed by atoms with Crippen molar-refractivity contribution in [3.8, 4) is 0 Å². The highest BCUT2D eigenvalue weighted by Crippen LogP contribution is 2.40. The van der Waals surface area contributed by atoms with E-state index in [2.05, 4.69) is 0 Å². The van der Waals surface area contributed by atoms with Crippen LogP contribution in [-0.2, 0) is 14.0 Å². The second-order valence-electron chi connectivity index (χ2n) is 7.74. The summed E-state index contributed by atoms with van der Waals surface area (Å²) in [6.45, 7) is 14.0. The minimum absolute atomic E-state index is 0.310. The third kappa shape index (κ3) is 3.36. The molecular formula is C17H26BNO3. The molecule has 1 fully saturated rings. The summed E-state index contributed by atoms with van der Waals surface area (Å²) >= 11 is 0. The molecule has 5 heteroatoms. The quantitative estimate of drug-likeness (QED) is 0.623. The molecule has 1 aliphatic carbocycles. The predicted octanol–water partition coefficient (Wildman–Crippen LogP) is 3.83. The average molecular weight is 303 g/mol. The maximum Gasteiger partial charge on any atom is 0.495 e. The average Bonchev–Trinajstić information content (AvgIpc) is 2.55. The van der Waals surface area contributed by atoms with E-state index in [9.17, 15) is 0 Å². The zero-order valence-electron chi connectivity index (χ0n) is 14.6. The molecule has 2 aliphatic rings. The van der Waals surface area contributed by atoms with Gasteiger partial charge in [-0.3, -0.25) is 0 Å². The van der Waals surface area contributed by atoms with Gasteiger partial charge in [-0.1, -0.05) is 12.2 Å². The van der Waals surface area contributed by atoms with Crippen LogP contribution < -0.4 is 0 Å². The predicted molar refractivity (Wildman–Crippen MR) is 90.0 cm³/mol. The van der Waals surface area contributed by atoms with Gasteiger partial charge in [0.2, 0.25) is 0 Å². The molecule has 1 heterocycles. The van der Waals surface area contributed by atoms with E-state index in [0.717, 1.165) is 5.47 Å². The molecule has 22 heavy (non-hydrogen) atoms. The number of ether oxygens (including phenoxy) is 1. The second-order valence-corrected chi connectivity index (χ2v) is 7.74. The van der Waals surface area contributed by atoms with Gasteiger partial charge in [0.25, 0.3) is 0 Å². The largest absolute Gasteiger partial charge is 0.495 e. The third-order valence-corrected chi connectivity index (χ3v) is 4.18. The van der Waals surface area contributed by atoms with E-state index in [-0.39, 0.29) is 5.60 Å². The van der Waals surface area contributed by atoms with Gasteiger partial charge in [0.05, 0.1) is 28.8 Å². The Morgan fingerprint density at radius 3 is 2.18 bits per heavy atom.